The highest BCUT2D eigenvalue weighted by Gasteiger charge is 2.12. The van der Waals surface area contributed by atoms with E-state index in [1.165, 1.54) is 0 Å². The van der Waals surface area contributed by atoms with Crippen molar-refractivity contribution < 1.29 is 13.9 Å². The number of hydrogen-bond acceptors (Lipinski definition) is 5. The van der Waals surface area contributed by atoms with Crippen molar-refractivity contribution in [3.63, 3.8) is 0 Å². The van der Waals surface area contributed by atoms with Gasteiger partial charge in [0.1, 0.15) is 5.58 Å². The average Bonchev–Trinajstić information content (AvgIpc) is 3.12. The molecule has 4 rings (SSSR count). The Morgan fingerprint density at radius 3 is 2.67 bits per heavy atom. The Kier molecular flexibility index (Phi) is 5.22. The minimum absolute atomic E-state index is 0.225. The zero-order chi connectivity index (χ0) is 18.6. The number of furan rings is 1. The average molecular weight is 428 g/mol. The van der Waals surface area contributed by atoms with Crippen LogP contribution < -0.4 is 10.3 Å². The molecule has 0 unspecified atom stereocenters. The molecule has 3 aromatic rings. The monoisotopic (exact) mass is 427 g/mol. The van der Waals surface area contributed by atoms with Crippen LogP contribution in [-0.2, 0) is 4.74 Å². The molecule has 0 saturated carbocycles. The van der Waals surface area contributed by atoms with E-state index in [2.05, 4.69) is 31.4 Å². The molecule has 7 heteroatoms. The fourth-order valence-electron chi connectivity index (χ4n) is 2.94. The number of rotatable bonds is 4. The van der Waals surface area contributed by atoms with E-state index in [0.717, 1.165) is 47.4 Å². The van der Waals surface area contributed by atoms with Gasteiger partial charge in [0.2, 0.25) is 0 Å². The summed E-state index contributed by atoms with van der Waals surface area (Å²) < 4.78 is 11.8. The van der Waals surface area contributed by atoms with E-state index in [1.807, 2.05) is 42.5 Å². The van der Waals surface area contributed by atoms with Gasteiger partial charge in [0, 0.05) is 28.6 Å². The number of amides is 1. The largest absolute Gasteiger partial charge is 0.451 e. The van der Waals surface area contributed by atoms with Crippen molar-refractivity contribution >= 4 is 44.7 Å². The summed E-state index contributed by atoms with van der Waals surface area (Å²) in [5, 5.41) is 4.88. The zero-order valence-electron chi connectivity index (χ0n) is 14.5. The molecule has 0 atom stereocenters. The van der Waals surface area contributed by atoms with Gasteiger partial charge in [-0.1, -0.05) is 28.1 Å². The lowest BCUT2D eigenvalue weighted by Gasteiger charge is -2.28. The Balaban J connectivity index is 1.38. The van der Waals surface area contributed by atoms with Gasteiger partial charge in [-0.3, -0.25) is 4.79 Å². The second-order valence-corrected chi connectivity index (χ2v) is 7.10. The quantitative estimate of drug-likeness (QED) is 0.507. The lowest BCUT2D eigenvalue weighted by molar-refractivity contribution is 0.0929. The molecule has 1 aromatic heterocycles. The summed E-state index contributed by atoms with van der Waals surface area (Å²) in [5.74, 6) is -0.161. The van der Waals surface area contributed by atoms with Crippen LogP contribution >= 0.6 is 15.9 Å². The van der Waals surface area contributed by atoms with Crippen molar-refractivity contribution in [3.05, 3.63) is 64.3 Å². The minimum atomic E-state index is -0.386. The van der Waals surface area contributed by atoms with Gasteiger partial charge >= 0.3 is 5.91 Å². The first-order chi connectivity index (χ1) is 13.2. The molecule has 1 aliphatic rings. The highest BCUT2D eigenvalue weighted by Crippen LogP contribution is 2.23. The number of halogens is 1. The van der Waals surface area contributed by atoms with Gasteiger partial charge < -0.3 is 14.1 Å². The lowest BCUT2D eigenvalue weighted by Crippen LogP contribution is -2.36. The fraction of sp³-hybridized carbons (Fsp3) is 0.200. The third kappa shape index (κ3) is 4.20. The maximum Gasteiger partial charge on any atom is 0.307 e. The number of morpholine rings is 1. The van der Waals surface area contributed by atoms with E-state index in [4.69, 9.17) is 9.15 Å². The van der Waals surface area contributed by atoms with Crippen molar-refractivity contribution in [3.8, 4) is 0 Å². The first-order valence-electron chi connectivity index (χ1n) is 8.64. The van der Waals surface area contributed by atoms with Crippen LogP contribution in [0.3, 0.4) is 0 Å². The smallest absolute Gasteiger partial charge is 0.307 e. The number of carbonyl (C=O) groups excluding carboxylic acids is 1. The molecule has 0 bridgehead atoms. The molecule has 0 spiro atoms. The van der Waals surface area contributed by atoms with Crippen LogP contribution in [0, 0.1) is 0 Å². The molecule has 0 aliphatic carbocycles. The van der Waals surface area contributed by atoms with Gasteiger partial charge in [0.05, 0.1) is 19.4 Å². The van der Waals surface area contributed by atoms with Gasteiger partial charge in [-0.2, -0.15) is 5.10 Å². The number of carbonyl (C=O) groups is 1. The summed E-state index contributed by atoms with van der Waals surface area (Å²) in [6.07, 6.45) is 1.61. The van der Waals surface area contributed by atoms with Gasteiger partial charge in [0.15, 0.2) is 5.76 Å². The Morgan fingerprint density at radius 1 is 1.11 bits per heavy atom. The van der Waals surface area contributed by atoms with Crippen molar-refractivity contribution in [2.75, 3.05) is 31.2 Å². The van der Waals surface area contributed by atoms with E-state index < -0.39 is 0 Å². The first kappa shape index (κ1) is 17.8. The van der Waals surface area contributed by atoms with Gasteiger partial charge in [0.25, 0.3) is 0 Å². The number of benzene rings is 2. The van der Waals surface area contributed by atoms with E-state index in [9.17, 15) is 4.79 Å². The van der Waals surface area contributed by atoms with E-state index >= 15 is 0 Å². The number of fused-ring (bicyclic) bond motifs is 1. The highest BCUT2D eigenvalue weighted by molar-refractivity contribution is 9.10. The standard InChI is InChI=1S/C20H18BrN3O3/c21-16-3-6-18-15(11-16)12-19(27-18)20(25)23-22-13-14-1-4-17(5-2-14)24-7-9-26-10-8-24/h1-6,11-13H,7-10H2,(H,23,25)/b22-13-. The van der Waals surface area contributed by atoms with Crippen LogP contribution in [0.2, 0.25) is 0 Å². The summed E-state index contributed by atoms with van der Waals surface area (Å²) in [4.78, 5) is 14.5. The maximum absolute atomic E-state index is 12.2. The van der Waals surface area contributed by atoms with Crippen LogP contribution in [0.25, 0.3) is 11.0 Å². The Morgan fingerprint density at radius 2 is 1.89 bits per heavy atom. The molecule has 1 aliphatic heterocycles. The molecule has 138 valence electrons. The molecule has 1 amide bonds. The molecule has 2 aromatic carbocycles. The summed E-state index contributed by atoms with van der Waals surface area (Å²) in [5.41, 5.74) is 5.22. The highest BCUT2D eigenvalue weighted by atomic mass is 79.9. The van der Waals surface area contributed by atoms with Crippen LogP contribution in [0.4, 0.5) is 5.69 Å². The van der Waals surface area contributed by atoms with Crippen molar-refractivity contribution in [1.29, 1.82) is 0 Å². The second kappa shape index (κ2) is 7.94. The van der Waals surface area contributed by atoms with Crippen LogP contribution in [-0.4, -0.2) is 38.4 Å². The minimum Gasteiger partial charge on any atom is -0.451 e. The van der Waals surface area contributed by atoms with Crippen molar-refractivity contribution in [2.24, 2.45) is 5.10 Å². The van der Waals surface area contributed by atoms with Gasteiger partial charge in [-0.25, -0.2) is 5.43 Å². The number of ether oxygens (including phenoxy) is 1. The van der Waals surface area contributed by atoms with Crippen molar-refractivity contribution in [2.45, 2.75) is 0 Å². The summed E-state index contributed by atoms with van der Waals surface area (Å²) in [6, 6.07) is 15.3. The molecule has 1 saturated heterocycles. The predicted molar refractivity (Wildman–Crippen MR) is 108 cm³/mol. The Labute approximate surface area is 164 Å². The second-order valence-electron chi connectivity index (χ2n) is 6.18. The molecule has 6 nitrogen and oxygen atoms in total. The topological polar surface area (TPSA) is 67.1 Å². The number of hydrazone groups is 1. The predicted octanol–water partition coefficient (Wildman–Crippen LogP) is 3.80. The molecule has 1 fully saturated rings. The number of nitrogens with one attached hydrogen (secondary N) is 1. The fourth-order valence-corrected chi connectivity index (χ4v) is 3.32. The lowest BCUT2D eigenvalue weighted by atomic mass is 10.2. The summed E-state index contributed by atoms with van der Waals surface area (Å²) in [6.45, 7) is 3.32. The van der Waals surface area contributed by atoms with Gasteiger partial charge in [-0.15, -0.1) is 0 Å². The molecular weight excluding hydrogens is 410 g/mol. The molecule has 0 radical (unpaired) electrons. The normalized spacial score (nSPS) is 14.8. The summed E-state index contributed by atoms with van der Waals surface area (Å²) >= 11 is 3.40. The van der Waals surface area contributed by atoms with Gasteiger partial charge in [-0.05, 0) is 42.0 Å². The third-order valence-corrected chi connectivity index (χ3v) is 4.84. The van der Waals surface area contributed by atoms with Crippen LogP contribution in [0.5, 0.6) is 0 Å². The number of nitrogens with zero attached hydrogens (tertiary/aromatic N) is 2. The maximum atomic E-state index is 12.2. The zero-order valence-corrected chi connectivity index (χ0v) is 16.1. The molecule has 27 heavy (non-hydrogen) atoms. The van der Waals surface area contributed by atoms with Crippen LogP contribution in [0.15, 0.2) is 62.5 Å². The Bertz CT molecular complexity index is 976. The van der Waals surface area contributed by atoms with E-state index in [-0.39, 0.29) is 11.7 Å². The number of hydrogen-bond donors (Lipinski definition) is 1. The first-order valence-corrected chi connectivity index (χ1v) is 9.43. The number of anilines is 1. The van der Waals surface area contributed by atoms with Crippen molar-refractivity contribution in [1.82, 2.24) is 5.43 Å². The molecular formula is C20H18BrN3O3. The van der Waals surface area contributed by atoms with E-state index in [0.29, 0.717) is 5.58 Å². The SMILES string of the molecule is O=C(N/N=C\c1ccc(N2CCOCC2)cc1)c1cc2cc(Br)ccc2o1. The molecule has 2 heterocycles. The third-order valence-electron chi connectivity index (χ3n) is 4.35. The van der Waals surface area contributed by atoms with Crippen LogP contribution in [0.1, 0.15) is 16.1 Å². The molecule has 1 N–H and O–H groups in total. The summed E-state index contributed by atoms with van der Waals surface area (Å²) in [7, 11) is 0. The van der Waals surface area contributed by atoms with E-state index in [1.54, 1.807) is 12.3 Å². The Hall–Kier alpha value is -2.64.